The summed E-state index contributed by atoms with van der Waals surface area (Å²) in [6.07, 6.45) is 0.0647. The number of amides is 4. The number of fused-ring (bicyclic) bond motifs is 1. The zero-order valence-corrected chi connectivity index (χ0v) is 15.9. The highest BCUT2D eigenvalue weighted by atomic mass is 16.2. The largest absolute Gasteiger partial charge is 0.345 e. The number of carbonyl (C=O) groups is 4. The summed E-state index contributed by atoms with van der Waals surface area (Å²) in [7, 11) is 1.77. The number of carbonyl (C=O) groups excluding carboxylic acids is 4. The summed E-state index contributed by atoms with van der Waals surface area (Å²) in [5.41, 5.74) is 3.12. The molecule has 4 amide bonds. The van der Waals surface area contributed by atoms with Crippen molar-refractivity contribution >= 4 is 29.3 Å². The van der Waals surface area contributed by atoms with Crippen LogP contribution in [-0.2, 0) is 27.9 Å². The van der Waals surface area contributed by atoms with Gasteiger partial charge in [0.15, 0.2) is 0 Å². The predicted octanol–water partition coefficient (Wildman–Crippen LogP) is 0.317. The number of aromatic nitrogens is 2. The van der Waals surface area contributed by atoms with Gasteiger partial charge in [0.2, 0.25) is 17.7 Å². The summed E-state index contributed by atoms with van der Waals surface area (Å²) in [5.74, 6) is -1.96. The number of nitrogens with zero attached hydrogens (tertiary/aromatic N) is 3. The molecule has 0 atom stereocenters. The van der Waals surface area contributed by atoms with Crippen LogP contribution in [0.5, 0.6) is 0 Å². The van der Waals surface area contributed by atoms with E-state index in [1.54, 1.807) is 42.9 Å². The third kappa shape index (κ3) is 3.78. The van der Waals surface area contributed by atoms with Crippen LogP contribution in [0, 0.1) is 13.8 Å². The molecular formula is C19H21N5O4. The van der Waals surface area contributed by atoms with Gasteiger partial charge in [0, 0.05) is 12.6 Å². The van der Waals surface area contributed by atoms with Gasteiger partial charge in [0.05, 0.1) is 30.0 Å². The molecule has 9 nitrogen and oxygen atoms in total. The first-order chi connectivity index (χ1) is 13.3. The zero-order valence-electron chi connectivity index (χ0n) is 15.9. The van der Waals surface area contributed by atoms with Crippen LogP contribution in [0.2, 0.25) is 0 Å². The van der Waals surface area contributed by atoms with E-state index in [1.807, 2.05) is 6.92 Å². The molecule has 9 heteroatoms. The van der Waals surface area contributed by atoms with E-state index in [9.17, 15) is 19.2 Å². The van der Waals surface area contributed by atoms with Gasteiger partial charge in [0.1, 0.15) is 6.54 Å². The quantitative estimate of drug-likeness (QED) is 0.722. The molecule has 0 unspecified atom stereocenters. The number of rotatable bonds is 5. The van der Waals surface area contributed by atoms with Crippen LogP contribution in [0.3, 0.4) is 0 Å². The standard InChI is InChI=1S/C19H21N5O4/c1-11-18(12(2)23(3)22-11)21-15(25)9-20-16(26)10-24-17(27)8-13-6-4-5-7-14(13)19(24)28/h4-7H,8-10H2,1-3H3,(H,20,26)(H,21,25). The Kier molecular flexibility index (Phi) is 5.25. The van der Waals surface area contributed by atoms with E-state index in [4.69, 9.17) is 0 Å². The summed E-state index contributed by atoms with van der Waals surface area (Å²) >= 11 is 0. The first kappa shape index (κ1) is 19.3. The van der Waals surface area contributed by atoms with Gasteiger partial charge in [-0.3, -0.25) is 28.8 Å². The first-order valence-corrected chi connectivity index (χ1v) is 8.77. The van der Waals surface area contributed by atoms with Crippen LogP contribution in [0.15, 0.2) is 24.3 Å². The molecule has 2 heterocycles. The van der Waals surface area contributed by atoms with E-state index < -0.39 is 30.2 Å². The van der Waals surface area contributed by atoms with E-state index >= 15 is 0 Å². The summed E-state index contributed by atoms with van der Waals surface area (Å²) < 4.78 is 1.65. The Morgan fingerprint density at radius 2 is 1.86 bits per heavy atom. The second kappa shape index (κ2) is 7.63. The van der Waals surface area contributed by atoms with E-state index in [0.29, 0.717) is 22.5 Å². The smallest absolute Gasteiger partial charge is 0.261 e. The zero-order chi connectivity index (χ0) is 20.4. The minimum absolute atomic E-state index is 0.0647. The molecule has 1 aromatic carbocycles. The number of hydrogen-bond donors (Lipinski definition) is 2. The molecule has 0 fully saturated rings. The number of imide groups is 1. The normalized spacial score (nSPS) is 13.3. The third-order valence-corrected chi connectivity index (χ3v) is 4.66. The number of nitrogens with one attached hydrogen (secondary N) is 2. The van der Waals surface area contributed by atoms with Crippen LogP contribution >= 0.6 is 0 Å². The molecule has 0 spiro atoms. The molecule has 0 saturated carbocycles. The summed E-state index contributed by atoms with van der Waals surface area (Å²) in [5, 5.41) is 9.35. The van der Waals surface area contributed by atoms with Gasteiger partial charge < -0.3 is 10.6 Å². The van der Waals surface area contributed by atoms with Gasteiger partial charge in [-0.2, -0.15) is 5.10 Å². The van der Waals surface area contributed by atoms with Crippen LogP contribution < -0.4 is 10.6 Å². The van der Waals surface area contributed by atoms with Crippen molar-refractivity contribution in [2.75, 3.05) is 18.4 Å². The third-order valence-electron chi connectivity index (χ3n) is 4.66. The van der Waals surface area contributed by atoms with Gasteiger partial charge in [-0.1, -0.05) is 18.2 Å². The van der Waals surface area contributed by atoms with E-state index in [2.05, 4.69) is 15.7 Å². The Labute approximate surface area is 161 Å². The van der Waals surface area contributed by atoms with E-state index in [1.165, 1.54) is 0 Å². The molecule has 3 rings (SSSR count). The molecule has 0 bridgehead atoms. The van der Waals surface area contributed by atoms with E-state index in [0.717, 1.165) is 10.6 Å². The average molecular weight is 383 g/mol. The molecule has 0 radical (unpaired) electrons. The second-order valence-corrected chi connectivity index (χ2v) is 6.61. The fourth-order valence-corrected chi connectivity index (χ4v) is 3.08. The Balaban J connectivity index is 1.56. The molecule has 1 aliphatic rings. The lowest BCUT2D eigenvalue weighted by atomic mass is 9.98. The van der Waals surface area contributed by atoms with Crippen LogP contribution in [0.1, 0.15) is 27.3 Å². The molecular weight excluding hydrogens is 362 g/mol. The van der Waals surface area contributed by atoms with Crippen molar-refractivity contribution in [3.05, 3.63) is 46.8 Å². The number of benzene rings is 1. The number of anilines is 1. The minimum atomic E-state index is -0.587. The lowest BCUT2D eigenvalue weighted by Gasteiger charge is -2.26. The second-order valence-electron chi connectivity index (χ2n) is 6.61. The highest BCUT2D eigenvalue weighted by Gasteiger charge is 2.31. The first-order valence-electron chi connectivity index (χ1n) is 8.77. The van der Waals surface area contributed by atoms with E-state index in [-0.39, 0.29) is 13.0 Å². The molecule has 28 heavy (non-hydrogen) atoms. The van der Waals surface area contributed by atoms with Crippen molar-refractivity contribution in [1.29, 1.82) is 0 Å². The summed E-state index contributed by atoms with van der Waals surface area (Å²) in [6.45, 7) is 2.88. The molecule has 1 aliphatic heterocycles. The molecule has 2 aromatic rings. The van der Waals surface area contributed by atoms with Crippen molar-refractivity contribution in [2.45, 2.75) is 20.3 Å². The maximum Gasteiger partial charge on any atom is 0.261 e. The maximum atomic E-state index is 12.5. The number of aryl methyl sites for hydroxylation is 2. The highest BCUT2D eigenvalue weighted by Crippen LogP contribution is 2.19. The Morgan fingerprint density at radius 3 is 2.54 bits per heavy atom. The van der Waals surface area contributed by atoms with Gasteiger partial charge in [0.25, 0.3) is 5.91 Å². The van der Waals surface area contributed by atoms with Gasteiger partial charge >= 0.3 is 0 Å². The van der Waals surface area contributed by atoms with Gasteiger partial charge in [-0.25, -0.2) is 0 Å². The molecule has 2 N–H and O–H groups in total. The SMILES string of the molecule is Cc1nn(C)c(C)c1NC(=O)CNC(=O)CN1C(=O)Cc2ccccc2C1=O. The monoisotopic (exact) mass is 383 g/mol. The Hall–Kier alpha value is -3.49. The van der Waals surface area contributed by atoms with Crippen molar-refractivity contribution in [3.63, 3.8) is 0 Å². The summed E-state index contributed by atoms with van der Waals surface area (Å²) in [4.78, 5) is 49.8. The molecule has 1 aromatic heterocycles. The van der Waals surface area contributed by atoms with Crippen LogP contribution in [0.4, 0.5) is 5.69 Å². The van der Waals surface area contributed by atoms with Crippen molar-refractivity contribution < 1.29 is 19.2 Å². The average Bonchev–Trinajstić information content (AvgIpc) is 2.89. The molecule has 0 aliphatic carbocycles. The molecule has 146 valence electrons. The van der Waals surface area contributed by atoms with Crippen molar-refractivity contribution in [1.82, 2.24) is 20.0 Å². The van der Waals surface area contributed by atoms with Crippen molar-refractivity contribution in [3.8, 4) is 0 Å². The lowest BCUT2D eigenvalue weighted by molar-refractivity contribution is -0.133. The van der Waals surface area contributed by atoms with Crippen LogP contribution in [0.25, 0.3) is 0 Å². The molecule has 0 saturated heterocycles. The minimum Gasteiger partial charge on any atom is -0.345 e. The van der Waals surface area contributed by atoms with Crippen molar-refractivity contribution in [2.24, 2.45) is 7.05 Å². The fraction of sp³-hybridized carbons (Fsp3) is 0.316. The summed E-state index contributed by atoms with van der Waals surface area (Å²) in [6, 6.07) is 6.81. The van der Waals surface area contributed by atoms with Gasteiger partial charge in [-0.05, 0) is 25.5 Å². The Morgan fingerprint density at radius 1 is 1.14 bits per heavy atom. The maximum absolute atomic E-state index is 12.5. The highest BCUT2D eigenvalue weighted by molar-refractivity contribution is 6.11. The predicted molar refractivity (Wildman–Crippen MR) is 101 cm³/mol. The topological polar surface area (TPSA) is 113 Å². The Bertz CT molecular complexity index is 979. The number of hydrogen-bond acceptors (Lipinski definition) is 5. The fourth-order valence-electron chi connectivity index (χ4n) is 3.08. The van der Waals surface area contributed by atoms with Gasteiger partial charge in [-0.15, -0.1) is 0 Å². The lowest BCUT2D eigenvalue weighted by Crippen LogP contribution is -2.48. The van der Waals surface area contributed by atoms with Crippen LogP contribution in [-0.4, -0.2) is 51.4 Å².